The highest BCUT2D eigenvalue weighted by Crippen LogP contribution is 2.33. The zero-order chi connectivity index (χ0) is 12.5. The molecule has 1 aromatic rings. The molecule has 0 aliphatic heterocycles. The van der Waals surface area contributed by atoms with Gasteiger partial charge in [0.05, 0.1) is 0 Å². The molecule has 1 unspecified atom stereocenters. The molecule has 94 valence electrons. The first-order valence-electron chi connectivity index (χ1n) is 6.54. The summed E-state index contributed by atoms with van der Waals surface area (Å²) in [6.45, 7) is 7.73. The summed E-state index contributed by atoms with van der Waals surface area (Å²) < 4.78 is 13.6. The highest BCUT2D eigenvalue weighted by atomic mass is 19.1. The molecule has 17 heavy (non-hydrogen) atoms. The van der Waals surface area contributed by atoms with Gasteiger partial charge in [-0.25, -0.2) is 4.39 Å². The summed E-state index contributed by atoms with van der Waals surface area (Å²) in [5, 5.41) is 3.59. The van der Waals surface area contributed by atoms with Gasteiger partial charge in [-0.1, -0.05) is 32.9 Å². The molecular weight excluding hydrogens is 213 g/mol. The van der Waals surface area contributed by atoms with E-state index in [2.05, 4.69) is 32.2 Å². The van der Waals surface area contributed by atoms with Gasteiger partial charge in [-0.3, -0.25) is 0 Å². The summed E-state index contributed by atoms with van der Waals surface area (Å²) in [5.41, 5.74) is 2.40. The predicted molar refractivity (Wildman–Crippen MR) is 69.5 cm³/mol. The van der Waals surface area contributed by atoms with Gasteiger partial charge in [-0.05, 0) is 41.9 Å². The van der Waals surface area contributed by atoms with Crippen LogP contribution in [0.5, 0.6) is 0 Å². The molecule has 1 N–H and O–H groups in total. The summed E-state index contributed by atoms with van der Waals surface area (Å²) in [4.78, 5) is 0. The van der Waals surface area contributed by atoms with Gasteiger partial charge in [0.15, 0.2) is 0 Å². The van der Waals surface area contributed by atoms with Crippen molar-refractivity contribution in [2.75, 3.05) is 6.54 Å². The molecular formula is C15H22FN. The second-order valence-corrected chi connectivity index (χ2v) is 5.80. The third kappa shape index (κ3) is 2.68. The second kappa shape index (κ2) is 4.77. The maximum atomic E-state index is 13.6. The first-order chi connectivity index (χ1) is 8.03. The molecule has 1 atom stereocenters. The van der Waals surface area contributed by atoms with Gasteiger partial charge in [-0.15, -0.1) is 0 Å². The summed E-state index contributed by atoms with van der Waals surface area (Å²) >= 11 is 0. The molecule has 0 saturated heterocycles. The van der Waals surface area contributed by atoms with Crippen LogP contribution < -0.4 is 5.32 Å². The number of fused-ring (bicyclic) bond motifs is 1. The molecule has 0 bridgehead atoms. The van der Waals surface area contributed by atoms with Gasteiger partial charge in [0.1, 0.15) is 5.82 Å². The Hall–Kier alpha value is -0.890. The van der Waals surface area contributed by atoms with Crippen molar-refractivity contribution in [2.45, 2.75) is 46.1 Å². The van der Waals surface area contributed by atoms with Crippen LogP contribution in [0.15, 0.2) is 18.2 Å². The van der Waals surface area contributed by atoms with Crippen molar-refractivity contribution in [2.24, 2.45) is 5.41 Å². The minimum atomic E-state index is -0.0402. The zero-order valence-electron chi connectivity index (χ0n) is 11.0. The van der Waals surface area contributed by atoms with Crippen LogP contribution in [0.2, 0.25) is 0 Å². The normalized spacial score (nSPS) is 19.4. The van der Waals surface area contributed by atoms with Crippen LogP contribution in [0.3, 0.4) is 0 Å². The fraction of sp³-hybridized carbons (Fsp3) is 0.600. The number of hydrogen-bond acceptors (Lipinski definition) is 1. The van der Waals surface area contributed by atoms with Crippen LogP contribution in [-0.4, -0.2) is 6.54 Å². The summed E-state index contributed by atoms with van der Waals surface area (Å²) in [7, 11) is 0. The molecule has 0 fully saturated rings. The molecule has 1 aliphatic carbocycles. The second-order valence-electron chi connectivity index (χ2n) is 5.80. The minimum absolute atomic E-state index is 0.0402. The Bertz CT molecular complexity index is 398. The molecule has 1 aliphatic rings. The Labute approximate surface area is 103 Å². The molecule has 1 nitrogen and oxygen atoms in total. The smallest absolute Gasteiger partial charge is 0.126 e. The Morgan fingerprint density at radius 1 is 1.41 bits per heavy atom. The summed E-state index contributed by atoms with van der Waals surface area (Å²) in [6, 6.07) is 5.78. The van der Waals surface area contributed by atoms with E-state index in [0.29, 0.717) is 11.5 Å². The van der Waals surface area contributed by atoms with E-state index < -0.39 is 0 Å². The lowest BCUT2D eigenvalue weighted by molar-refractivity contribution is 0.309. The van der Waals surface area contributed by atoms with Crippen LogP contribution in [0, 0.1) is 11.2 Å². The highest BCUT2D eigenvalue weighted by Gasteiger charge is 2.26. The van der Waals surface area contributed by atoms with Crippen LogP contribution in [0.1, 0.15) is 50.8 Å². The summed E-state index contributed by atoms with van der Waals surface area (Å²) in [6.07, 6.45) is 3.05. The largest absolute Gasteiger partial charge is 0.309 e. The van der Waals surface area contributed by atoms with E-state index in [4.69, 9.17) is 0 Å². The number of rotatable bonds is 4. The van der Waals surface area contributed by atoms with Crippen LogP contribution in [0.4, 0.5) is 4.39 Å². The molecule has 0 saturated carbocycles. The van der Waals surface area contributed by atoms with E-state index in [9.17, 15) is 4.39 Å². The van der Waals surface area contributed by atoms with Gasteiger partial charge < -0.3 is 5.32 Å². The maximum absolute atomic E-state index is 13.6. The quantitative estimate of drug-likeness (QED) is 0.836. The predicted octanol–water partition coefficient (Wildman–Crippen LogP) is 3.84. The number of halogens is 1. The van der Waals surface area contributed by atoms with Crippen molar-refractivity contribution in [3.8, 4) is 0 Å². The zero-order valence-corrected chi connectivity index (χ0v) is 11.0. The van der Waals surface area contributed by atoms with Crippen LogP contribution in [-0.2, 0) is 6.42 Å². The fourth-order valence-electron chi connectivity index (χ4n) is 2.35. The molecule has 0 amide bonds. The highest BCUT2D eigenvalue weighted by molar-refractivity contribution is 5.35. The number of benzene rings is 1. The molecule has 0 radical (unpaired) electrons. The Morgan fingerprint density at radius 2 is 2.18 bits per heavy atom. The van der Waals surface area contributed by atoms with Crippen LogP contribution in [0.25, 0.3) is 0 Å². The Balaban J connectivity index is 2.05. The molecule has 0 spiro atoms. The van der Waals surface area contributed by atoms with Crippen molar-refractivity contribution in [3.63, 3.8) is 0 Å². The average Bonchev–Trinajstić information content (AvgIpc) is 2.71. The van der Waals surface area contributed by atoms with Gasteiger partial charge in [-0.2, -0.15) is 0 Å². The van der Waals surface area contributed by atoms with Crippen molar-refractivity contribution in [3.05, 3.63) is 35.1 Å². The van der Waals surface area contributed by atoms with Gasteiger partial charge in [0.2, 0.25) is 0 Å². The van der Waals surface area contributed by atoms with Gasteiger partial charge in [0.25, 0.3) is 0 Å². The lowest BCUT2D eigenvalue weighted by Crippen LogP contribution is -2.31. The minimum Gasteiger partial charge on any atom is -0.309 e. The molecule has 0 heterocycles. The lowest BCUT2D eigenvalue weighted by Gasteiger charge is -2.26. The third-order valence-electron chi connectivity index (χ3n) is 4.00. The molecule has 2 rings (SSSR count). The third-order valence-corrected chi connectivity index (χ3v) is 4.00. The van der Waals surface area contributed by atoms with Gasteiger partial charge in [0, 0.05) is 12.6 Å². The van der Waals surface area contributed by atoms with E-state index in [-0.39, 0.29) is 5.82 Å². The lowest BCUT2D eigenvalue weighted by atomic mass is 9.90. The Morgan fingerprint density at radius 3 is 2.88 bits per heavy atom. The number of hydrogen-bond donors (Lipinski definition) is 1. The Kier molecular flexibility index (Phi) is 3.53. The van der Waals surface area contributed by atoms with E-state index in [1.165, 1.54) is 0 Å². The van der Waals surface area contributed by atoms with Crippen LogP contribution >= 0.6 is 0 Å². The van der Waals surface area contributed by atoms with E-state index in [1.54, 1.807) is 6.07 Å². The van der Waals surface area contributed by atoms with Gasteiger partial charge >= 0.3 is 0 Å². The molecule has 1 aromatic carbocycles. The topological polar surface area (TPSA) is 12.0 Å². The molecule has 2 heteroatoms. The molecule has 0 aromatic heterocycles. The van der Waals surface area contributed by atoms with Crippen molar-refractivity contribution >= 4 is 0 Å². The first kappa shape index (κ1) is 12.6. The SMILES string of the molecule is CCC(C)(C)CNC1CCc2c(F)cccc21. The first-order valence-corrected chi connectivity index (χ1v) is 6.54. The van der Waals surface area contributed by atoms with Crippen molar-refractivity contribution in [1.82, 2.24) is 5.32 Å². The average molecular weight is 235 g/mol. The van der Waals surface area contributed by atoms with E-state index in [0.717, 1.165) is 36.9 Å². The maximum Gasteiger partial charge on any atom is 0.126 e. The standard InChI is InChI=1S/C15H22FN/c1-4-15(2,3)10-17-14-9-8-11-12(14)6-5-7-13(11)16/h5-7,14,17H,4,8-10H2,1-3H3. The summed E-state index contributed by atoms with van der Waals surface area (Å²) in [5.74, 6) is -0.0402. The monoisotopic (exact) mass is 235 g/mol. The van der Waals surface area contributed by atoms with Crippen molar-refractivity contribution < 1.29 is 4.39 Å². The van der Waals surface area contributed by atoms with E-state index in [1.807, 2.05) is 6.07 Å². The fourth-order valence-corrected chi connectivity index (χ4v) is 2.35. The number of nitrogens with one attached hydrogen (secondary N) is 1. The van der Waals surface area contributed by atoms with E-state index >= 15 is 0 Å². The van der Waals surface area contributed by atoms with Crippen molar-refractivity contribution in [1.29, 1.82) is 0 Å².